The number of ketones is 1. The van der Waals surface area contributed by atoms with E-state index in [1.165, 1.54) is 4.90 Å². The number of nitrogens with zero attached hydrogens (tertiary/aromatic N) is 1. The number of Topliss-reactive ketones (excluding diaryl/α,β-unsaturated/α-hetero) is 1. The van der Waals surface area contributed by atoms with Crippen molar-refractivity contribution in [3.8, 4) is 0 Å². The van der Waals surface area contributed by atoms with Gasteiger partial charge in [0.15, 0.2) is 0 Å². The predicted octanol–water partition coefficient (Wildman–Crippen LogP) is 1.82. The molecule has 2 unspecified atom stereocenters. The number of carbonyl (C=O) groups is 5. The highest BCUT2D eigenvalue weighted by atomic mass is 19.3. The fraction of sp³-hybridized carbons (Fsp3) is 0.792. The van der Waals surface area contributed by atoms with Crippen LogP contribution in [0.15, 0.2) is 0 Å². The number of carbonyl (C=O) groups excluding carboxylic acids is 4. The third-order valence-electron chi connectivity index (χ3n) is 7.13. The van der Waals surface area contributed by atoms with E-state index in [2.05, 4.69) is 16.0 Å². The SMILES string of the molecule is CC(F)(F)CCC(NC(=O)C1[C@H]2CC[C@H](C2)N1C(=O)[C@@H](NC(=O)O)C(C)(C)C)C(=O)C(=O)NC1CC1. The van der Waals surface area contributed by atoms with Crippen LogP contribution in [0.4, 0.5) is 13.6 Å². The van der Waals surface area contributed by atoms with Crippen molar-refractivity contribution >= 4 is 29.6 Å². The van der Waals surface area contributed by atoms with Crippen LogP contribution in [0.2, 0.25) is 0 Å². The molecule has 0 aromatic carbocycles. The van der Waals surface area contributed by atoms with Crippen LogP contribution in [-0.2, 0) is 19.2 Å². The van der Waals surface area contributed by atoms with Gasteiger partial charge in [-0.25, -0.2) is 13.6 Å². The van der Waals surface area contributed by atoms with E-state index < -0.39 is 71.9 Å². The van der Waals surface area contributed by atoms with E-state index >= 15 is 0 Å². The zero-order chi connectivity index (χ0) is 27.0. The smallest absolute Gasteiger partial charge is 0.405 e. The summed E-state index contributed by atoms with van der Waals surface area (Å²) in [5.41, 5.74) is -0.787. The van der Waals surface area contributed by atoms with Gasteiger partial charge >= 0.3 is 6.09 Å². The molecule has 10 nitrogen and oxygen atoms in total. The lowest BCUT2D eigenvalue weighted by Gasteiger charge is -2.40. The fourth-order valence-electron chi connectivity index (χ4n) is 5.13. The summed E-state index contributed by atoms with van der Waals surface area (Å²) in [6.07, 6.45) is 0.782. The second-order valence-corrected chi connectivity index (χ2v) is 11.4. The molecule has 3 rings (SSSR count). The van der Waals surface area contributed by atoms with Gasteiger partial charge in [0.25, 0.3) is 5.91 Å². The maximum atomic E-state index is 13.6. The normalized spacial score (nSPS) is 25.2. The van der Waals surface area contributed by atoms with Crippen molar-refractivity contribution in [1.29, 1.82) is 0 Å². The summed E-state index contributed by atoms with van der Waals surface area (Å²) in [7, 11) is 0. The molecule has 3 aliphatic rings. The predicted molar refractivity (Wildman–Crippen MR) is 124 cm³/mol. The van der Waals surface area contributed by atoms with Crippen LogP contribution in [0.3, 0.4) is 0 Å². The molecular formula is C24H36F2N4O6. The first-order valence-electron chi connectivity index (χ1n) is 12.4. The zero-order valence-corrected chi connectivity index (χ0v) is 21.1. The summed E-state index contributed by atoms with van der Waals surface area (Å²) in [4.78, 5) is 64.8. The zero-order valence-electron chi connectivity index (χ0n) is 21.1. The van der Waals surface area contributed by atoms with Crippen molar-refractivity contribution in [2.45, 2.75) is 109 Å². The largest absolute Gasteiger partial charge is 0.465 e. The van der Waals surface area contributed by atoms with Crippen molar-refractivity contribution < 1.29 is 37.9 Å². The Balaban J connectivity index is 1.81. The summed E-state index contributed by atoms with van der Waals surface area (Å²) in [6.45, 7) is 5.80. The molecule has 4 N–H and O–H groups in total. The molecule has 0 radical (unpaired) electrons. The van der Waals surface area contributed by atoms with E-state index in [0.717, 1.165) is 12.8 Å². The van der Waals surface area contributed by atoms with E-state index in [4.69, 9.17) is 0 Å². The molecule has 202 valence electrons. The fourth-order valence-corrected chi connectivity index (χ4v) is 5.13. The lowest BCUT2D eigenvalue weighted by molar-refractivity contribution is -0.147. The first-order valence-corrected chi connectivity index (χ1v) is 12.4. The molecule has 5 atom stereocenters. The quantitative estimate of drug-likeness (QED) is 0.327. The van der Waals surface area contributed by atoms with Gasteiger partial charge < -0.3 is 26.0 Å². The van der Waals surface area contributed by atoms with E-state index in [1.54, 1.807) is 20.8 Å². The van der Waals surface area contributed by atoms with Crippen LogP contribution in [0.1, 0.15) is 72.6 Å². The van der Waals surface area contributed by atoms with Crippen LogP contribution >= 0.6 is 0 Å². The van der Waals surface area contributed by atoms with Gasteiger partial charge in [0.1, 0.15) is 12.1 Å². The number of likely N-dealkylation sites (tertiary alicyclic amines) is 1. The number of fused-ring (bicyclic) bond motifs is 2. The number of hydrogen-bond donors (Lipinski definition) is 4. The van der Waals surface area contributed by atoms with Gasteiger partial charge in [0.05, 0.1) is 6.04 Å². The average molecular weight is 515 g/mol. The summed E-state index contributed by atoms with van der Waals surface area (Å²) < 4.78 is 27.1. The third kappa shape index (κ3) is 6.70. The molecule has 36 heavy (non-hydrogen) atoms. The minimum absolute atomic E-state index is 0.125. The summed E-state index contributed by atoms with van der Waals surface area (Å²) >= 11 is 0. The first-order chi connectivity index (χ1) is 16.6. The molecule has 2 bridgehead atoms. The number of rotatable bonds is 10. The Bertz CT molecular complexity index is 911. The second-order valence-electron chi connectivity index (χ2n) is 11.4. The van der Waals surface area contributed by atoms with Gasteiger partial charge in [-0.05, 0) is 56.8 Å². The minimum atomic E-state index is -3.10. The standard InChI is InChI=1S/C24H36F2N4O6/c1-23(2,3)18(29-22(35)36)21(34)30-14-8-5-12(11-14)16(30)19(32)28-15(9-10-24(4,25)26)17(31)20(33)27-13-6-7-13/h12-16,18,29H,5-11H2,1-4H3,(H,27,33)(H,28,32)(H,35,36)/t12-,14+,15?,16?,18+/m0/s1. The number of piperidine rings is 1. The molecule has 0 aromatic rings. The topological polar surface area (TPSA) is 145 Å². The van der Waals surface area contributed by atoms with Gasteiger partial charge in [0.2, 0.25) is 23.5 Å². The molecule has 2 aliphatic carbocycles. The molecule has 0 aromatic heterocycles. The highest BCUT2D eigenvalue weighted by Crippen LogP contribution is 2.43. The average Bonchev–Trinajstić information content (AvgIpc) is 3.32. The third-order valence-corrected chi connectivity index (χ3v) is 7.13. The van der Waals surface area contributed by atoms with Crippen molar-refractivity contribution in [3.05, 3.63) is 0 Å². The number of halogens is 2. The van der Waals surface area contributed by atoms with Crippen LogP contribution in [0, 0.1) is 11.3 Å². The van der Waals surface area contributed by atoms with E-state index in [9.17, 15) is 37.9 Å². The van der Waals surface area contributed by atoms with Gasteiger partial charge in [0, 0.05) is 18.5 Å². The van der Waals surface area contributed by atoms with E-state index in [0.29, 0.717) is 26.2 Å². The van der Waals surface area contributed by atoms with Crippen LogP contribution in [0.5, 0.6) is 0 Å². The van der Waals surface area contributed by atoms with Crippen molar-refractivity contribution in [2.75, 3.05) is 0 Å². The molecule has 3 fully saturated rings. The van der Waals surface area contributed by atoms with Crippen LogP contribution in [0.25, 0.3) is 0 Å². The molecule has 1 aliphatic heterocycles. The number of alkyl halides is 2. The van der Waals surface area contributed by atoms with Crippen molar-refractivity contribution in [2.24, 2.45) is 11.3 Å². The molecule has 1 heterocycles. The van der Waals surface area contributed by atoms with Crippen molar-refractivity contribution in [1.82, 2.24) is 20.9 Å². The summed E-state index contributed by atoms with van der Waals surface area (Å²) in [6, 6.07) is -3.97. The Hall–Kier alpha value is -2.79. The summed E-state index contributed by atoms with van der Waals surface area (Å²) in [5, 5.41) is 16.5. The monoisotopic (exact) mass is 514 g/mol. The van der Waals surface area contributed by atoms with Gasteiger partial charge in [-0.1, -0.05) is 20.8 Å². The minimum Gasteiger partial charge on any atom is -0.465 e. The molecule has 12 heteroatoms. The maximum Gasteiger partial charge on any atom is 0.405 e. The first kappa shape index (κ1) is 27.8. The number of carboxylic acid groups (broad SMARTS) is 1. The Morgan fingerprint density at radius 3 is 2.17 bits per heavy atom. The number of hydrogen-bond acceptors (Lipinski definition) is 5. The second kappa shape index (κ2) is 10.3. The Kier molecular flexibility index (Phi) is 7.95. The van der Waals surface area contributed by atoms with Crippen molar-refractivity contribution in [3.63, 3.8) is 0 Å². The van der Waals surface area contributed by atoms with Gasteiger partial charge in [-0.2, -0.15) is 0 Å². The van der Waals surface area contributed by atoms with E-state index in [-0.39, 0.29) is 18.0 Å². The van der Waals surface area contributed by atoms with Crippen LogP contribution in [-0.4, -0.2) is 75.7 Å². The molecular weight excluding hydrogens is 478 g/mol. The maximum absolute atomic E-state index is 13.6. The van der Waals surface area contributed by atoms with Gasteiger partial charge in [-0.15, -0.1) is 0 Å². The molecule has 2 saturated carbocycles. The number of amides is 4. The van der Waals surface area contributed by atoms with Crippen LogP contribution < -0.4 is 16.0 Å². The number of nitrogens with one attached hydrogen (secondary N) is 3. The highest BCUT2D eigenvalue weighted by Gasteiger charge is 2.54. The lowest BCUT2D eigenvalue weighted by Crippen LogP contribution is -2.62. The van der Waals surface area contributed by atoms with Gasteiger partial charge in [-0.3, -0.25) is 19.2 Å². The van der Waals surface area contributed by atoms with E-state index in [1.807, 2.05) is 0 Å². The highest BCUT2D eigenvalue weighted by molar-refractivity contribution is 6.38. The molecule has 1 saturated heterocycles. The Labute approximate surface area is 208 Å². The lowest BCUT2D eigenvalue weighted by atomic mass is 9.85. The Morgan fingerprint density at radius 1 is 1.00 bits per heavy atom. The molecule has 0 spiro atoms. The molecule has 4 amide bonds. The Morgan fingerprint density at radius 2 is 1.64 bits per heavy atom. The summed E-state index contributed by atoms with van der Waals surface area (Å²) in [5.74, 6) is -6.50.